The minimum Gasteiger partial charge on any atom is -0.493 e. The van der Waals surface area contributed by atoms with Crippen LogP contribution in [-0.4, -0.2) is 12.5 Å². The largest absolute Gasteiger partial charge is 0.493 e. The van der Waals surface area contributed by atoms with Crippen molar-refractivity contribution in [3.05, 3.63) is 65.2 Å². The predicted octanol–water partition coefficient (Wildman–Crippen LogP) is 3.71. The predicted molar refractivity (Wildman–Crippen MR) is 88.0 cm³/mol. The van der Waals surface area contributed by atoms with E-state index in [1.54, 1.807) is 0 Å². The minimum absolute atomic E-state index is 0.165. The molecule has 4 nitrogen and oxygen atoms in total. The van der Waals surface area contributed by atoms with E-state index in [2.05, 4.69) is 0 Å². The van der Waals surface area contributed by atoms with E-state index in [1.807, 2.05) is 35.8 Å². The Labute approximate surface area is 143 Å². The van der Waals surface area contributed by atoms with Crippen LogP contribution in [0.25, 0.3) is 0 Å². The van der Waals surface area contributed by atoms with Crippen molar-refractivity contribution in [3.63, 3.8) is 0 Å². The fourth-order valence-corrected chi connectivity index (χ4v) is 2.36. The lowest BCUT2D eigenvalue weighted by molar-refractivity contribution is -0.139. The molecule has 2 rings (SSSR count). The van der Waals surface area contributed by atoms with Gasteiger partial charge in [0.25, 0.3) is 5.91 Å². The average molecular weight is 352 g/mol. The maximum absolute atomic E-state index is 13.1. The molecule has 25 heavy (non-hydrogen) atoms. The van der Waals surface area contributed by atoms with Crippen molar-refractivity contribution in [1.82, 2.24) is 5.43 Å². The van der Waals surface area contributed by atoms with Crippen molar-refractivity contribution in [1.29, 1.82) is 0 Å². The molecular weight excluding hydrogens is 333 g/mol. The van der Waals surface area contributed by atoms with Crippen LogP contribution in [0, 0.1) is 0 Å². The van der Waals surface area contributed by atoms with Gasteiger partial charge in [-0.3, -0.25) is 10.2 Å². The van der Waals surface area contributed by atoms with Gasteiger partial charge in [0.15, 0.2) is 0 Å². The highest BCUT2D eigenvalue weighted by Crippen LogP contribution is 2.37. The summed E-state index contributed by atoms with van der Waals surface area (Å²) < 4.78 is 44.7. The van der Waals surface area contributed by atoms with E-state index in [1.165, 1.54) is 11.6 Å². The Hall–Kier alpha value is -2.54. The number of carbonyl (C=O) groups excluding carboxylic acids is 1. The number of nitrogens with two attached hydrogens (primary N) is 1. The van der Waals surface area contributed by atoms with Crippen LogP contribution in [-0.2, 0) is 12.6 Å². The van der Waals surface area contributed by atoms with Gasteiger partial charge < -0.3 is 4.74 Å². The third kappa shape index (κ3) is 5.49. The molecule has 0 unspecified atom stereocenters. The number of alkyl halides is 3. The quantitative estimate of drug-likeness (QED) is 0.346. The fraction of sp³-hybridized carbons (Fsp3) is 0.278. The summed E-state index contributed by atoms with van der Waals surface area (Å²) in [6.45, 7) is 0.165. The number of benzene rings is 2. The van der Waals surface area contributed by atoms with Gasteiger partial charge in [-0.25, -0.2) is 5.84 Å². The molecule has 0 fully saturated rings. The topological polar surface area (TPSA) is 64.3 Å². The summed E-state index contributed by atoms with van der Waals surface area (Å²) in [5.41, 5.74) is 1.82. The number of hydrogen-bond acceptors (Lipinski definition) is 3. The lowest BCUT2D eigenvalue weighted by Crippen LogP contribution is -2.30. The van der Waals surface area contributed by atoms with E-state index >= 15 is 0 Å². The lowest BCUT2D eigenvalue weighted by Gasteiger charge is -2.15. The molecule has 0 saturated heterocycles. The Morgan fingerprint density at radius 1 is 1.08 bits per heavy atom. The smallest absolute Gasteiger partial charge is 0.419 e. The normalized spacial score (nSPS) is 11.2. The number of carbonyl (C=O) groups is 1. The van der Waals surface area contributed by atoms with Crippen molar-refractivity contribution >= 4 is 5.91 Å². The van der Waals surface area contributed by atoms with Gasteiger partial charge in [-0.1, -0.05) is 30.3 Å². The van der Waals surface area contributed by atoms with Gasteiger partial charge in [-0.2, -0.15) is 13.2 Å². The van der Waals surface area contributed by atoms with Crippen LogP contribution in [0.2, 0.25) is 0 Å². The number of amides is 1. The molecule has 1 amide bonds. The molecule has 0 saturated carbocycles. The molecular formula is C18H19F3N2O2. The second kappa shape index (κ2) is 8.53. The van der Waals surface area contributed by atoms with E-state index < -0.39 is 17.6 Å². The van der Waals surface area contributed by atoms with Crippen molar-refractivity contribution in [3.8, 4) is 5.75 Å². The SMILES string of the molecule is NNC(=O)c1ccc(OCCCCc2ccccc2)c(C(F)(F)F)c1. The summed E-state index contributed by atoms with van der Waals surface area (Å²) in [4.78, 5) is 11.4. The molecule has 0 aromatic heterocycles. The number of unbranched alkanes of at least 4 members (excludes halogenated alkanes) is 1. The number of nitrogens with one attached hydrogen (secondary N) is 1. The molecule has 0 radical (unpaired) electrons. The Kier molecular flexibility index (Phi) is 6.41. The first kappa shape index (κ1) is 18.8. The molecule has 0 aliphatic rings. The molecule has 7 heteroatoms. The Balaban J connectivity index is 1.95. The molecule has 134 valence electrons. The first-order chi connectivity index (χ1) is 11.9. The molecule has 2 aromatic carbocycles. The highest BCUT2D eigenvalue weighted by molar-refractivity contribution is 5.94. The van der Waals surface area contributed by atoms with Crippen LogP contribution in [0.1, 0.15) is 34.3 Å². The summed E-state index contributed by atoms with van der Waals surface area (Å²) in [6, 6.07) is 13.0. The lowest BCUT2D eigenvalue weighted by atomic mass is 10.1. The first-order valence-corrected chi connectivity index (χ1v) is 7.80. The third-order valence-corrected chi connectivity index (χ3v) is 3.64. The summed E-state index contributed by atoms with van der Waals surface area (Å²) in [6.07, 6.45) is -2.35. The number of hydrazine groups is 1. The summed E-state index contributed by atoms with van der Waals surface area (Å²) in [5, 5.41) is 0. The number of hydrogen-bond donors (Lipinski definition) is 2. The zero-order valence-corrected chi connectivity index (χ0v) is 13.5. The second-order valence-corrected chi connectivity index (χ2v) is 5.47. The van der Waals surface area contributed by atoms with Gasteiger partial charge in [-0.05, 0) is 43.0 Å². The number of ether oxygens (including phenoxy) is 1. The number of aryl methyl sites for hydroxylation is 1. The molecule has 2 aromatic rings. The van der Waals surface area contributed by atoms with E-state index in [0.29, 0.717) is 6.42 Å². The van der Waals surface area contributed by atoms with Gasteiger partial charge in [-0.15, -0.1) is 0 Å². The van der Waals surface area contributed by atoms with Crippen LogP contribution in [0.3, 0.4) is 0 Å². The van der Waals surface area contributed by atoms with E-state index in [9.17, 15) is 18.0 Å². The monoisotopic (exact) mass is 352 g/mol. The fourth-order valence-electron chi connectivity index (χ4n) is 2.36. The molecule has 0 heterocycles. The zero-order chi connectivity index (χ0) is 18.3. The average Bonchev–Trinajstić information content (AvgIpc) is 2.61. The van der Waals surface area contributed by atoms with Crippen molar-refractivity contribution in [2.45, 2.75) is 25.4 Å². The summed E-state index contributed by atoms with van der Waals surface area (Å²) in [7, 11) is 0. The van der Waals surface area contributed by atoms with Crippen LogP contribution >= 0.6 is 0 Å². The molecule has 3 N–H and O–H groups in total. The van der Waals surface area contributed by atoms with E-state index in [-0.39, 0.29) is 17.9 Å². The number of halogens is 3. The van der Waals surface area contributed by atoms with Gasteiger partial charge >= 0.3 is 6.18 Å². The van der Waals surface area contributed by atoms with Gasteiger partial charge in [0, 0.05) is 5.56 Å². The van der Waals surface area contributed by atoms with E-state index in [4.69, 9.17) is 10.6 Å². The summed E-state index contributed by atoms with van der Waals surface area (Å²) in [5.74, 6) is 3.87. The van der Waals surface area contributed by atoms with Gasteiger partial charge in [0.1, 0.15) is 5.75 Å². The van der Waals surface area contributed by atoms with Crippen molar-refractivity contribution in [2.75, 3.05) is 6.61 Å². The Morgan fingerprint density at radius 2 is 1.80 bits per heavy atom. The van der Waals surface area contributed by atoms with Crippen LogP contribution in [0.15, 0.2) is 48.5 Å². The maximum atomic E-state index is 13.1. The minimum atomic E-state index is -4.62. The molecule has 0 aliphatic carbocycles. The Morgan fingerprint density at radius 3 is 2.44 bits per heavy atom. The molecule has 0 atom stereocenters. The second-order valence-electron chi connectivity index (χ2n) is 5.47. The van der Waals surface area contributed by atoms with Crippen molar-refractivity contribution in [2.24, 2.45) is 5.84 Å². The standard InChI is InChI=1S/C18H19F3N2O2/c19-18(20,21)15-12-14(17(24)23-22)9-10-16(15)25-11-5-4-8-13-6-2-1-3-7-13/h1-3,6-7,9-10,12H,4-5,8,11,22H2,(H,23,24). The number of nitrogen functional groups attached to an aromatic ring is 1. The Bertz CT molecular complexity index is 703. The van der Waals surface area contributed by atoms with Gasteiger partial charge in [0.05, 0.1) is 12.2 Å². The first-order valence-electron chi connectivity index (χ1n) is 7.80. The van der Waals surface area contributed by atoms with Crippen molar-refractivity contribution < 1.29 is 22.7 Å². The van der Waals surface area contributed by atoms with E-state index in [0.717, 1.165) is 25.0 Å². The highest BCUT2D eigenvalue weighted by atomic mass is 19.4. The van der Waals surface area contributed by atoms with Gasteiger partial charge in [0.2, 0.25) is 0 Å². The maximum Gasteiger partial charge on any atom is 0.419 e. The van der Waals surface area contributed by atoms with Crippen LogP contribution < -0.4 is 16.0 Å². The molecule has 0 bridgehead atoms. The number of rotatable bonds is 7. The zero-order valence-electron chi connectivity index (χ0n) is 13.5. The third-order valence-electron chi connectivity index (χ3n) is 3.64. The molecule has 0 spiro atoms. The van der Waals surface area contributed by atoms with Crippen LogP contribution in [0.4, 0.5) is 13.2 Å². The molecule has 0 aliphatic heterocycles. The highest BCUT2D eigenvalue weighted by Gasteiger charge is 2.35. The summed E-state index contributed by atoms with van der Waals surface area (Å²) >= 11 is 0. The van der Waals surface area contributed by atoms with Crippen LogP contribution in [0.5, 0.6) is 5.75 Å².